The van der Waals surface area contributed by atoms with Crippen LogP contribution < -0.4 is 5.32 Å². The normalized spacial score (nSPS) is 34.0. The Bertz CT molecular complexity index is 371. The molecule has 3 heteroatoms. The number of fused-ring (bicyclic) bond motifs is 1. The molecular weight excluding hydrogens is 276 g/mol. The lowest BCUT2D eigenvalue weighted by Gasteiger charge is -2.37. The molecule has 21 heavy (non-hydrogen) atoms. The minimum absolute atomic E-state index is 0.521. The molecule has 1 saturated heterocycles. The van der Waals surface area contributed by atoms with E-state index in [4.69, 9.17) is 4.99 Å². The van der Waals surface area contributed by atoms with Crippen LogP contribution in [0.25, 0.3) is 0 Å². The van der Waals surface area contributed by atoms with E-state index in [-0.39, 0.29) is 0 Å². The van der Waals surface area contributed by atoms with Crippen molar-refractivity contribution in [3.63, 3.8) is 0 Å². The molecule has 3 fully saturated rings. The van der Waals surface area contributed by atoms with Crippen molar-refractivity contribution in [2.24, 2.45) is 22.2 Å². The number of aliphatic imine (C=N–C) groups is 1. The molecule has 0 radical (unpaired) electrons. The van der Waals surface area contributed by atoms with Crippen molar-refractivity contribution in [3.8, 4) is 0 Å². The maximum Gasteiger partial charge on any atom is 0.156 e. The van der Waals surface area contributed by atoms with Crippen LogP contribution in [0.3, 0.4) is 0 Å². The Hall–Kier alpha value is -0.180. The van der Waals surface area contributed by atoms with E-state index in [1.807, 2.05) is 11.8 Å². The van der Waals surface area contributed by atoms with E-state index < -0.39 is 0 Å². The SMILES string of the molecule is CC(C)CC1(CN=C2NC3CCCCC3CS2)CCCC1. The number of amidine groups is 1. The third-order valence-corrected chi connectivity index (χ3v) is 6.83. The van der Waals surface area contributed by atoms with Gasteiger partial charge in [0.25, 0.3) is 0 Å². The molecule has 0 aromatic rings. The summed E-state index contributed by atoms with van der Waals surface area (Å²) < 4.78 is 0. The predicted octanol–water partition coefficient (Wildman–Crippen LogP) is 4.84. The van der Waals surface area contributed by atoms with Gasteiger partial charge in [0.15, 0.2) is 5.17 Å². The predicted molar refractivity (Wildman–Crippen MR) is 94.0 cm³/mol. The van der Waals surface area contributed by atoms with Crippen molar-refractivity contribution in [1.29, 1.82) is 0 Å². The number of thioether (sulfide) groups is 1. The highest BCUT2D eigenvalue weighted by Gasteiger charge is 2.35. The van der Waals surface area contributed by atoms with Crippen LogP contribution in [-0.4, -0.2) is 23.5 Å². The Morgan fingerprint density at radius 1 is 1.19 bits per heavy atom. The van der Waals surface area contributed by atoms with Gasteiger partial charge < -0.3 is 5.32 Å². The first kappa shape index (κ1) is 15.7. The lowest BCUT2D eigenvalue weighted by Crippen LogP contribution is -2.46. The molecular formula is C18H32N2S. The van der Waals surface area contributed by atoms with E-state index >= 15 is 0 Å². The van der Waals surface area contributed by atoms with Crippen LogP contribution in [0.4, 0.5) is 0 Å². The van der Waals surface area contributed by atoms with Crippen LogP contribution in [0.5, 0.6) is 0 Å². The number of hydrogen-bond donors (Lipinski definition) is 1. The van der Waals surface area contributed by atoms with Gasteiger partial charge in [-0.2, -0.15) is 0 Å². The molecule has 2 nitrogen and oxygen atoms in total. The Labute approximate surface area is 134 Å². The molecule has 0 spiro atoms. The van der Waals surface area contributed by atoms with E-state index in [1.165, 1.54) is 68.7 Å². The molecule has 120 valence electrons. The fourth-order valence-electron chi connectivity index (χ4n) is 4.73. The average Bonchev–Trinajstić information content (AvgIpc) is 2.93. The second-order valence-electron chi connectivity index (χ2n) is 8.03. The second kappa shape index (κ2) is 6.93. The molecule has 0 bridgehead atoms. The summed E-state index contributed by atoms with van der Waals surface area (Å²) in [5, 5.41) is 5.02. The summed E-state index contributed by atoms with van der Waals surface area (Å²) in [5.41, 5.74) is 0.521. The van der Waals surface area contributed by atoms with Crippen molar-refractivity contribution in [2.75, 3.05) is 12.3 Å². The Kier molecular flexibility index (Phi) is 5.19. The minimum Gasteiger partial charge on any atom is -0.362 e. The molecule has 0 aromatic carbocycles. The Morgan fingerprint density at radius 2 is 1.95 bits per heavy atom. The van der Waals surface area contributed by atoms with Crippen molar-refractivity contribution in [1.82, 2.24) is 5.32 Å². The maximum absolute atomic E-state index is 5.05. The summed E-state index contributed by atoms with van der Waals surface area (Å²) in [5.74, 6) is 3.00. The maximum atomic E-state index is 5.05. The van der Waals surface area contributed by atoms with Gasteiger partial charge in [-0.15, -0.1) is 0 Å². The van der Waals surface area contributed by atoms with Crippen LogP contribution in [-0.2, 0) is 0 Å². The standard InChI is InChI=1S/C18H32N2S/c1-14(2)11-18(9-5-6-10-18)13-19-17-20-16-8-4-3-7-15(16)12-21-17/h14-16H,3-13H2,1-2H3,(H,19,20). The van der Waals surface area contributed by atoms with Gasteiger partial charge in [-0.25, -0.2) is 0 Å². The smallest absolute Gasteiger partial charge is 0.156 e. The summed E-state index contributed by atoms with van der Waals surface area (Å²) in [4.78, 5) is 5.05. The fraction of sp³-hybridized carbons (Fsp3) is 0.944. The largest absolute Gasteiger partial charge is 0.362 e. The molecule has 2 atom stereocenters. The molecule has 1 aliphatic heterocycles. The molecule has 3 rings (SSSR count). The highest BCUT2D eigenvalue weighted by molar-refractivity contribution is 8.13. The van der Waals surface area contributed by atoms with E-state index in [2.05, 4.69) is 19.2 Å². The molecule has 2 saturated carbocycles. The third-order valence-electron chi connectivity index (χ3n) is 5.72. The topological polar surface area (TPSA) is 24.4 Å². The first-order chi connectivity index (χ1) is 10.2. The highest BCUT2D eigenvalue weighted by atomic mass is 32.2. The zero-order chi connectivity index (χ0) is 14.7. The van der Waals surface area contributed by atoms with E-state index in [0.717, 1.165) is 24.4 Å². The minimum atomic E-state index is 0.521. The summed E-state index contributed by atoms with van der Waals surface area (Å²) in [6.45, 7) is 5.80. The van der Waals surface area contributed by atoms with Gasteiger partial charge >= 0.3 is 0 Å². The molecule has 0 amide bonds. The van der Waals surface area contributed by atoms with Crippen molar-refractivity contribution < 1.29 is 0 Å². The van der Waals surface area contributed by atoms with Crippen LogP contribution in [0.15, 0.2) is 4.99 Å². The van der Waals surface area contributed by atoms with Gasteiger partial charge in [0.05, 0.1) is 0 Å². The van der Waals surface area contributed by atoms with E-state index in [9.17, 15) is 0 Å². The number of rotatable bonds is 4. The molecule has 0 aromatic heterocycles. The zero-order valence-corrected chi connectivity index (χ0v) is 14.7. The lowest BCUT2D eigenvalue weighted by atomic mass is 9.78. The van der Waals surface area contributed by atoms with Crippen LogP contribution in [0.1, 0.15) is 71.6 Å². The van der Waals surface area contributed by atoms with E-state index in [1.54, 1.807) is 0 Å². The third kappa shape index (κ3) is 3.97. The van der Waals surface area contributed by atoms with Crippen molar-refractivity contribution >= 4 is 16.9 Å². The highest BCUT2D eigenvalue weighted by Crippen LogP contribution is 2.43. The van der Waals surface area contributed by atoms with Crippen LogP contribution in [0, 0.1) is 17.3 Å². The summed E-state index contributed by atoms with van der Waals surface area (Å²) >= 11 is 1.99. The fourth-order valence-corrected chi connectivity index (χ4v) is 5.89. The van der Waals surface area contributed by atoms with Crippen LogP contribution >= 0.6 is 11.8 Å². The van der Waals surface area contributed by atoms with E-state index in [0.29, 0.717) is 5.41 Å². The Balaban J connectivity index is 1.59. The lowest BCUT2D eigenvalue weighted by molar-refractivity contribution is 0.245. The molecule has 1 heterocycles. The summed E-state index contributed by atoms with van der Waals surface area (Å²) in [6.07, 6.45) is 12.6. The monoisotopic (exact) mass is 308 g/mol. The van der Waals surface area contributed by atoms with Crippen LogP contribution in [0.2, 0.25) is 0 Å². The van der Waals surface area contributed by atoms with Gasteiger partial charge in [0.1, 0.15) is 0 Å². The average molecular weight is 309 g/mol. The Morgan fingerprint density at radius 3 is 2.71 bits per heavy atom. The quantitative estimate of drug-likeness (QED) is 0.803. The zero-order valence-electron chi connectivity index (χ0n) is 13.9. The van der Waals surface area contributed by atoms with Gasteiger partial charge in [-0.3, -0.25) is 4.99 Å². The van der Waals surface area contributed by atoms with Gasteiger partial charge in [-0.05, 0) is 49.4 Å². The van der Waals surface area contributed by atoms with Gasteiger partial charge in [-0.1, -0.05) is 51.3 Å². The first-order valence-corrected chi connectivity index (χ1v) is 10.1. The molecule has 2 unspecified atom stereocenters. The molecule has 1 N–H and O–H groups in total. The number of hydrogen-bond acceptors (Lipinski definition) is 2. The number of nitrogens with zero attached hydrogens (tertiary/aromatic N) is 1. The summed E-state index contributed by atoms with van der Waals surface area (Å²) in [7, 11) is 0. The van der Waals surface area contributed by atoms with Crippen molar-refractivity contribution in [2.45, 2.75) is 77.7 Å². The van der Waals surface area contributed by atoms with Gasteiger partial charge in [0, 0.05) is 18.3 Å². The molecule has 2 aliphatic carbocycles. The second-order valence-corrected chi connectivity index (χ2v) is 9.04. The summed E-state index contributed by atoms with van der Waals surface area (Å²) in [6, 6.07) is 0.725. The molecule has 3 aliphatic rings. The van der Waals surface area contributed by atoms with Crippen molar-refractivity contribution in [3.05, 3.63) is 0 Å². The number of nitrogens with one attached hydrogen (secondary N) is 1. The van der Waals surface area contributed by atoms with Gasteiger partial charge in [0.2, 0.25) is 0 Å². The first-order valence-electron chi connectivity index (χ1n) is 9.11.